The molecular formula is C8H9ClN2O. The first-order valence-electron chi connectivity index (χ1n) is 3.54. The van der Waals surface area contributed by atoms with E-state index in [1.54, 1.807) is 12.1 Å². The highest BCUT2D eigenvalue weighted by atomic mass is 35.5. The Bertz CT molecular complexity index is 265. The van der Waals surface area contributed by atoms with Gasteiger partial charge in [0.15, 0.2) is 0 Å². The second kappa shape index (κ2) is 4.72. The van der Waals surface area contributed by atoms with Crippen molar-refractivity contribution in [1.29, 1.82) is 0 Å². The van der Waals surface area contributed by atoms with Crippen LogP contribution in [-0.4, -0.2) is 16.6 Å². The molecule has 4 heteroatoms. The maximum atomic E-state index is 5.61. The second-order valence-corrected chi connectivity index (χ2v) is 2.49. The summed E-state index contributed by atoms with van der Waals surface area (Å²) in [6.45, 7) is 4.14. The first-order chi connectivity index (χ1) is 5.83. The van der Waals surface area contributed by atoms with Crippen LogP contribution in [0.5, 0.6) is 5.88 Å². The summed E-state index contributed by atoms with van der Waals surface area (Å²) in [5.74, 6) is 0.497. The van der Waals surface area contributed by atoms with E-state index in [2.05, 4.69) is 16.5 Å². The Morgan fingerprint density at radius 3 is 3.08 bits per heavy atom. The average molecular weight is 185 g/mol. The molecule has 0 unspecified atom stereocenters. The van der Waals surface area contributed by atoms with Gasteiger partial charge >= 0.3 is 0 Å². The molecule has 1 aromatic rings. The van der Waals surface area contributed by atoms with Gasteiger partial charge in [-0.1, -0.05) is 17.7 Å². The number of halogens is 1. The molecule has 0 aliphatic rings. The Labute approximate surface area is 76.1 Å². The standard InChI is InChI=1S/C8H9ClN2O/c1-2-3-4-12-8-5-7(9)10-6-11-8/h2,5-6H,1,3-4H2. The van der Waals surface area contributed by atoms with Crippen molar-refractivity contribution < 1.29 is 4.74 Å². The fourth-order valence-electron chi connectivity index (χ4n) is 0.643. The summed E-state index contributed by atoms with van der Waals surface area (Å²) in [6, 6.07) is 1.57. The van der Waals surface area contributed by atoms with Crippen molar-refractivity contribution in [3.05, 3.63) is 30.2 Å². The molecule has 0 radical (unpaired) electrons. The molecule has 0 aromatic carbocycles. The molecule has 0 bridgehead atoms. The zero-order valence-electron chi connectivity index (χ0n) is 6.53. The van der Waals surface area contributed by atoms with Crippen LogP contribution in [0.15, 0.2) is 25.0 Å². The first-order valence-corrected chi connectivity index (χ1v) is 3.92. The van der Waals surface area contributed by atoms with Crippen LogP contribution in [0.25, 0.3) is 0 Å². The minimum absolute atomic E-state index is 0.388. The summed E-state index contributed by atoms with van der Waals surface area (Å²) in [7, 11) is 0. The van der Waals surface area contributed by atoms with Crippen LogP contribution in [0.2, 0.25) is 5.15 Å². The second-order valence-electron chi connectivity index (χ2n) is 2.10. The smallest absolute Gasteiger partial charge is 0.217 e. The maximum absolute atomic E-state index is 5.61. The maximum Gasteiger partial charge on any atom is 0.217 e. The molecule has 0 N–H and O–H groups in total. The molecule has 0 aliphatic heterocycles. The van der Waals surface area contributed by atoms with Gasteiger partial charge in [0.2, 0.25) is 5.88 Å². The van der Waals surface area contributed by atoms with Crippen LogP contribution >= 0.6 is 11.6 Å². The Morgan fingerprint density at radius 2 is 2.42 bits per heavy atom. The van der Waals surface area contributed by atoms with Crippen LogP contribution < -0.4 is 4.74 Å². The third-order valence-corrected chi connectivity index (χ3v) is 1.39. The summed E-state index contributed by atoms with van der Waals surface area (Å²) in [5.41, 5.74) is 0. The third kappa shape index (κ3) is 2.88. The fourth-order valence-corrected chi connectivity index (χ4v) is 0.780. The molecule has 0 saturated carbocycles. The predicted molar refractivity (Wildman–Crippen MR) is 47.4 cm³/mol. The van der Waals surface area contributed by atoms with Gasteiger partial charge in [-0.3, -0.25) is 0 Å². The highest BCUT2D eigenvalue weighted by Crippen LogP contribution is 2.10. The number of aromatic nitrogens is 2. The Hall–Kier alpha value is -1.09. The summed E-state index contributed by atoms with van der Waals surface area (Å²) in [6.07, 6.45) is 3.94. The van der Waals surface area contributed by atoms with Crippen molar-refractivity contribution >= 4 is 11.6 Å². The highest BCUT2D eigenvalue weighted by Gasteiger charge is 1.95. The normalized spacial score (nSPS) is 9.42. The van der Waals surface area contributed by atoms with Gasteiger partial charge < -0.3 is 4.74 Å². The molecule has 64 valence electrons. The average Bonchev–Trinajstić information content (AvgIpc) is 2.05. The zero-order valence-corrected chi connectivity index (χ0v) is 7.29. The number of nitrogens with zero attached hydrogens (tertiary/aromatic N) is 2. The SMILES string of the molecule is C=CCCOc1cc(Cl)ncn1. The van der Waals surface area contributed by atoms with E-state index in [4.69, 9.17) is 16.3 Å². The topological polar surface area (TPSA) is 35.0 Å². The largest absolute Gasteiger partial charge is 0.477 e. The van der Waals surface area contributed by atoms with E-state index in [-0.39, 0.29) is 0 Å². The predicted octanol–water partition coefficient (Wildman–Crippen LogP) is 2.08. The van der Waals surface area contributed by atoms with Crippen LogP contribution in [0, 0.1) is 0 Å². The number of hydrogen-bond acceptors (Lipinski definition) is 3. The van der Waals surface area contributed by atoms with E-state index in [1.165, 1.54) is 6.33 Å². The molecule has 0 aliphatic carbocycles. The minimum Gasteiger partial charge on any atom is -0.477 e. The van der Waals surface area contributed by atoms with Gasteiger partial charge in [-0.25, -0.2) is 9.97 Å². The Balaban J connectivity index is 2.46. The van der Waals surface area contributed by atoms with Crippen molar-refractivity contribution in [2.45, 2.75) is 6.42 Å². The van der Waals surface area contributed by atoms with Gasteiger partial charge in [0.05, 0.1) is 6.61 Å². The van der Waals surface area contributed by atoms with Crippen LogP contribution in [0.4, 0.5) is 0 Å². The number of hydrogen-bond donors (Lipinski definition) is 0. The van der Waals surface area contributed by atoms with Crippen molar-refractivity contribution in [3.63, 3.8) is 0 Å². The Morgan fingerprint density at radius 1 is 1.58 bits per heavy atom. The van der Waals surface area contributed by atoms with Gasteiger partial charge in [-0.05, 0) is 6.42 Å². The van der Waals surface area contributed by atoms with Crippen LogP contribution in [-0.2, 0) is 0 Å². The van der Waals surface area contributed by atoms with E-state index < -0.39 is 0 Å². The van der Waals surface area contributed by atoms with E-state index in [0.717, 1.165) is 6.42 Å². The van der Waals surface area contributed by atoms with Crippen LogP contribution in [0.1, 0.15) is 6.42 Å². The molecule has 3 nitrogen and oxygen atoms in total. The lowest BCUT2D eigenvalue weighted by molar-refractivity contribution is 0.312. The van der Waals surface area contributed by atoms with Crippen LogP contribution in [0.3, 0.4) is 0 Å². The molecule has 12 heavy (non-hydrogen) atoms. The molecule has 0 fully saturated rings. The van der Waals surface area contributed by atoms with E-state index >= 15 is 0 Å². The van der Waals surface area contributed by atoms with Gasteiger partial charge in [-0.2, -0.15) is 0 Å². The molecule has 1 rings (SSSR count). The zero-order chi connectivity index (χ0) is 8.81. The molecule has 1 heterocycles. The molecular weight excluding hydrogens is 176 g/mol. The third-order valence-electron chi connectivity index (χ3n) is 1.18. The van der Waals surface area contributed by atoms with Gasteiger partial charge in [0, 0.05) is 6.07 Å². The van der Waals surface area contributed by atoms with Crippen molar-refractivity contribution in [1.82, 2.24) is 9.97 Å². The Kier molecular flexibility index (Phi) is 3.54. The fraction of sp³-hybridized carbons (Fsp3) is 0.250. The molecule has 0 spiro atoms. The summed E-state index contributed by atoms with van der Waals surface area (Å²) < 4.78 is 5.22. The van der Waals surface area contributed by atoms with Crippen molar-refractivity contribution in [2.24, 2.45) is 0 Å². The monoisotopic (exact) mass is 184 g/mol. The summed E-state index contributed by atoms with van der Waals surface area (Å²) in [4.78, 5) is 7.58. The number of rotatable bonds is 4. The van der Waals surface area contributed by atoms with E-state index in [0.29, 0.717) is 17.6 Å². The summed E-state index contributed by atoms with van der Waals surface area (Å²) >= 11 is 5.61. The molecule has 0 atom stereocenters. The number of ether oxygens (including phenoxy) is 1. The molecule has 1 aromatic heterocycles. The first kappa shape index (κ1) is 9.00. The van der Waals surface area contributed by atoms with E-state index in [1.807, 2.05) is 0 Å². The minimum atomic E-state index is 0.388. The lowest BCUT2D eigenvalue weighted by atomic mass is 10.4. The van der Waals surface area contributed by atoms with Gasteiger partial charge in [0.25, 0.3) is 0 Å². The highest BCUT2D eigenvalue weighted by molar-refractivity contribution is 6.29. The molecule has 0 saturated heterocycles. The summed E-state index contributed by atoms with van der Waals surface area (Å²) in [5, 5.41) is 0.388. The molecule has 0 amide bonds. The lowest BCUT2D eigenvalue weighted by Gasteiger charge is -2.01. The van der Waals surface area contributed by atoms with Crippen molar-refractivity contribution in [2.75, 3.05) is 6.61 Å². The van der Waals surface area contributed by atoms with Crippen molar-refractivity contribution in [3.8, 4) is 5.88 Å². The lowest BCUT2D eigenvalue weighted by Crippen LogP contribution is -1.97. The quantitative estimate of drug-likeness (QED) is 0.408. The van der Waals surface area contributed by atoms with E-state index in [9.17, 15) is 0 Å². The van der Waals surface area contributed by atoms with Gasteiger partial charge in [-0.15, -0.1) is 6.58 Å². The van der Waals surface area contributed by atoms with Gasteiger partial charge in [0.1, 0.15) is 11.5 Å².